The first-order valence-corrected chi connectivity index (χ1v) is 7.03. The number of carbonyl (C=O) groups is 1. The molecule has 7 nitrogen and oxygen atoms in total. The van der Waals surface area contributed by atoms with Crippen molar-refractivity contribution in [1.82, 2.24) is 4.98 Å². The van der Waals surface area contributed by atoms with E-state index >= 15 is 0 Å². The third-order valence-corrected chi connectivity index (χ3v) is 3.84. The van der Waals surface area contributed by atoms with Crippen LogP contribution in [0.15, 0.2) is 12.1 Å². The van der Waals surface area contributed by atoms with E-state index in [-0.39, 0.29) is 28.8 Å². The molecule has 8 heteroatoms. The molecule has 0 saturated heterocycles. The maximum Gasteiger partial charge on any atom is 0.308 e. The summed E-state index contributed by atoms with van der Waals surface area (Å²) in [4.78, 5) is 15.4. The number of nitrogens with zero attached hydrogens (tertiary/aromatic N) is 1. The van der Waals surface area contributed by atoms with Gasteiger partial charge in [0, 0.05) is 12.1 Å². The van der Waals surface area contributed by atoms with E-state index in [0.29, 0.717) is 18.7 Å². The third kappa shape index (κ3) is 4.04. The fourth-order valence-electron chi connectivity index (χ4n) is 2.40. The van der Waals surface area contributed by atoms with Crippen LogP contribution in [0.5, 0.6) is 5.88 Å². The summed E-state index contributed by atoms with van der Waals surface area (Å²) in [6, 6.07) is 2.86. The molecular weight excluding hydrogens is 300 g/mol. The van der Waals surface area contributed by atoms with Gasteiger partial charge in [0.05, 0.1) is 13.0 Å². The lowest BCUT2D eigenvalue weighted by molar-refractivity contribution is -0.991. The van der Waals surface area contributed by atoms with Crippen molar-refractivity contribution in [2.24, 2.45) is 5.92 Å². The van der Waals surface area contributed by atoms with E-state index in [0.717, 1.165) is 12.8 Å². The topological polar surface area (TPSA) is 96.2 Å². The van der Waals surface area contributed by atoms with Gasteiger partial charge in [0.25, 0.3) is 0 Å². The number of aromatic nitrogens is 1. The van der Waals surface area contributed by atoms with Crippen LogP contribution >= 0.6 is 11.6 Å². The second-order valence-corrected chi connectivity index (χ2v) is 5.27. The number of esters is 1. The molecule has 2 rings (SSSR count). The van der Waals surface area contributed by atoms with E-state index < -0.39 is 5.23 Å². The first kappa shape index (κ1) is 16.0. The Morgan fingerprint density at radius 3 is 2.62 bits per heavy atom. The molecule has 0 aliphatic heterocycles. The van der Waals surface area contributed by atoms with Gasteiger partial charge < -0.3 is 14.7 Å². The van der Waals surface area contributed by atoms with Crippen molar-refractivity contribution in [1.29, 1.82) is 0 Å². The number of rotatable bonds is 4. The molecule has 1 aromatic rings. The van der Waals surface area contributed by atoms with Gasteiger partial charge in [-0.15, -0.1) is 0 Å². The van der Waals surface area contributed by atoms with Crippen LogP contribution in [-0.4, -0.2) is 29.4 Å². The number of pyridine rings is 1. The van der Waals surface area contributed by atoms with Gasteiger partial charge in [-0.1, -0.05) is 11.6 Å². The summed E-state index contributed by atoms with van der Waals surface area (Å²) >= 11 is 5.79. The number of ether oxygens (including phenoxy) is 2. The number of hydrogen-bond acceptors (Lipinski definition) is 6. The molecule has 1 aliphatic rings. The third-order valence-electron chi connectivity index (χ3n) is 3.55. The molecule has 1 aromatic heterocycles. The van der Waals surface area contributed by atoms with Crippen LogP contribution in [0.25, 0.3) is 0 Å². The number of quaternary nitrogens is 1. The Labute approximate surface area is 127 Å². The summed E-state index contributed by atoms with van der Waals surface area (Å²) in [5.74, 6) is 0.0488. The van der Waals surface area contributed by atoms with Crippen LogP contribution in [0.4, 0.5) is 5.69 Å². The molecule has 2 N–H and O–H groups in total. The van der Waals surface area contributed by atoms with Crippen molar-refractivity contribution in [3.05, 3.63) is 22.5 Å². The van der Waals surface area contributed by atoms with Gasteiger partial charge in [0.15, 0.2) is 5.15 Å². The first-order valence-electron chi connectivity index (χ1n) is 6.65. The highest BCUT2D eigenvalue weighted by atomic mass is 35.5. The lowest BCUT2D eigenvalue weighted by Gasteiger charge is -2.27. The number of nitrogens with one attached hydrogen (secondary N) is 1. The van der Waals surface area contributed by atoms with Crippen LogP contribution in [0, 0.1) is 11.1 Å². The minimum absolute atomic E-state index is 0.0508. The largest absolute Gasteiger partial charge is 0.595 e. The Hall–Kier alpha value is -1.41. The van der Waals surface area contributed by atoms with Gasteiger partial charge in [0.2, 0.25) is 11.6 Å². The normalized spacial score (nSPS) is 23.4. The molecule has 1 unspecified atom stereocenters. The Bertz CT molecular complexity index is 503. The molecule has 0 bridgehead atoms. The standard InChI is InChI=1S/C13H17ClN2O5/c1-20-13(17)8-2-4-9(5-3-8)21-11-7-6-10(16(18)19)12(14)15-11/h6-9,16,18H,2-5H2,1H3. The first-order chi connectivity index (χ1) is 10.0. The maximum atomic E-state index is 11.4. The molecule has 1 fully saturated rings. The number of carbonyl (C=O) groups excluding carboxylic acids is 1. The molecule has 0 aromatic carbocycles. The maximum absolute atomic E-state index is 11.4. The number of hydrogen-bond donors (Lipinski definition) is 2. The van der Waals surface area contributed by atoms with Crippen LogP contribution < -0.4 is 9.96 Å². The predicted octanol–water partition coefficient (Wildman–Crippen LogP) is 1.25. The minimum atomic E-state index is -1.13. The van der Waals surface area contributed by atoms with Gasteiger partial charge in [0.1, 0.15) is 6.10 Å². The summed E-state index contributed by atoms with van der Waals surface area (Å²) in [5.41, 5.74) is -0.0570. The Balaban J connectivity index is 1.92. The van der Waals surface area contributed by atoms with E-state index in [1.54, 1.807) is 0 Å². The van der Waals surface area contributed by atoms with Gasteiger partial charge in [-0.2, -0.15) is 10.2 Å². The van der Waals surface area contributed by atoms with Gasteiger partial charge in [-0.05, 0) is 25.7 Å². The summed E-state index contributed by atoms with van der Waals surface area (Å²) < 4.78 is 10.4. The Morgan fingerprint density at radius 1 is 1.43 bits per heavy atom. The highest BCUT2D eigenvalue weighted by Crippen LogP contribution is 2.29. The summed E-state index contributed by atoms with van der Waals surface area (Å²) in [5, 5.41) is 18.5. The second-order valence-electron chi connectivity index (χ2n) is 4.91. The van der Waals surface area contributed by atoms with E-state index in [4.69, 9.17) is 26.3 Å². The molecule has 1 saturated carbocycles. The van der Waals surface area contributed by atoms with Crippen molar-refractivity contribution in [2.75, 3.05) is 7.11 Å². The summed E-state index contributed by atoms with van der Waals surface area (Å²) in [6.07, 6.45) is 2.81. The van der Waals surface area contributed by atoms with Crippen molar-refractivity contribution >= 4 is 23.3 Å². The zero-order valence-corrected chi connectivity index (χ0v) is 12.3. The number of methoxy groups -OCH3 is 1. The van der Waals surface area contributed by atoms with Crippen molar-refractivity contribution < 1.29 is 24.7 Å². The quantitative estimate of drug-likeness (QED) is 0.493. The average molecular weight is 317 g/mol. The van der Waals surface area contributed by atoms with Gasteiger partial charge >= 0.3 is 5.97 Å². The fourth-order valence-corrected chi connectivity index (χ4v) is 2.62. The average Bonchev–Trinajstić information content (AvgIpc) is 2.47. The SMILES string of the molecule is COC(=O)C1CCC(Oc2ccc([NH+]([O-])O)c(Cl)n2)CC1. The van der Waals surface area contributed by atoms with Gasteiger partial charge in [-0.3, -0.25) is 4.79 Å². The van der Waals surface area contributed by atoms with Crippen LogP contribution in [0.2, 0.25) is 5.15 Å². The molecule has 1 aliphatic carbocycles. The van der Waals surface area contributed by atoms with E-state index in [2.05, 4.69) is 4.98 Å². The molecule has 116 valence electrons. The molecule has 0 amide bonds. The van der Waals surface area contributed by atoms with Crippen LogP contribution in [0.3, 0.4) is 0 Å². The van der Waals surface area contributed by atoms with E-state index in [1.165, 1.54) is 19.2 Å². The molecular formula is C13H17ClN2O5. The van der Waals surface area contributed by atoms with E-state index in [9.17, 15) is 10.0 Å². The van der Waals surface area contributed by atoms with Crippen LogP contribution in [0.1, 0.15) is 25.7 Å². The minimum Gasteiger partial charge on any atom is -0.595 e. The zero-order valence-electron chi connectivity index (χ0n) is 11.5. The van der Waals surface area contributed by atoms with Crippen molar-refractivity contribution in [3.8, 4) is 5.88 Å². The zero-order chi connectivity index (χ0) is 15.4. The summed E-state index contributed by atoms with van der Waals surface area (Å²) in [6.45, 7) is 0. The number of halogens is 1. The monoisotopic (exact) mass is 316 g/mol. The second kappa shape index (κ2) is 7.04. The van der Waals surface area contributed by atoms with Gasteiger partial charge in [-0.25, -0.2) is 5.21 Å². The molecule has 0 spiro atoms. The highest BCUT2D eigenvalue weighted by molar-refractivity contribution is 6.31. The predicted molar refractivity (Wildman–Crippen MR) is 73.4 cm³/mol. The molecule has 21 heavy (non-hydrogen) atoms. The van der Waals surface area contributed by atoms with Crippen molar-refractivity contribution in [2.45, 2.75) is 31.8 Å². The fraction of sp³-hybridized carbons (Fsp3) is 0.538. The van der Waals surface area contributed by atoms with Crippen molar-refractivity contribution in [3.63, 3.8) is 0 Å². The highest BCUT2D eigenvalue weighted by Gasteiger charge is 2.28. The van der Waals surface area contributed by atoms with Crippen LogP contribution in [-0.2, 0) is 9.53 Å². The lowest BCUT2D eigenvalue weighted by Crippen LogP contribution is -2.99. The molecule has 1 atom stereocenters. The lowest BCUT2D eigenvalue weighted by atomic mass is 9.87. The van der Waals surface area contributed by atoms with E-state index in [1.807, 2.05) is 0 Å². The molecule has 1 heterocycles. The Kier molecular flexibility index (Phi) is 5.35. The molecule has 0 radical (unpaired) electrons. The Morgan fingerprint density at radius 2 is 2.10 bits per heavy atom. The summed E-state index contributed by atoms with van der Waals surface area (Å²) in [7, 11) is 1.39. The smallest absolute Gasteiger partial charge is 0.308 e.